The average molecular weight is 391 g/mol. The Balaban J connectivity index is 1.90. The van der Waals surface area contributed by atoms with Crippen molar-refractivity contribution < 1.29 is 27.9 Å². The van der Waals surface area contributed by atoms with E-state index in [0.29, 0.717) is 10.6 Å². The molecule has 9 heteroatoms. The smallest absolute Gasteiger partial charge is 0.407 e. The highest BCUT2D eigenvalue weighted by atomic mass is 35.5. The molecule has 0 spiro atoms. The minimum atomic E-state index is -4.59. The monoisotopic (exact) mass is 390 g/mol. The SMILES string of the molecule is C[C@@H]1CN(C(=O)O)C(c2ccc(Cl)cc2)CN1C(=O)C1(C(F)(F)F)CC1. The molecule has 0 radical (unpaired) electrons. The van der Waals surface area contributed by atoms with Gasteiger partial charge >= 0.3 is 12.3 Å². The Bertz CT molecular complexity index is 719. The third-order valence-electron chi connectivity index (χ3n) is 5.20. The van der Waals surface area contributed by atoms with E-state index in [4.69, 9.17) is 11.6 Å². The molecule has 2 aliphatic rings. The van der Waals surface area contributed by atoms with Crippen molar-refractivity contribution in [1.29, 1.82) is 0 Å². The summed E-state index contributed by atoms with van der Waals surface area (Å²) in [6, 6.07) is 5.03. The number of rotatable bonds is 2. The van der Waals surface area contributed by atoms with E-state index in [1.54, 1.807) is 31.2 Å². The summed E-state index contributed by atoms with van der Waals surface area (Å²) in [6.07, 6.45) is -6.20. The van der Waals surface area contributed by atoms with E-state index in [-0.39, 0.29) is 25.9 Å². The highest BCUT2D eigenvalue weighted by Gasteiger charge is 2.70. The van der Waals surface area contributed by atoms with Gasteiger partial charge in [-0.05, 0) is 37.5 Å². The molecule has 1 N–H and O–H groups in total. The maximum atomic E-state index is 13.3. The summed E-state index contributed by atoms with van der Waals surface area (Å²) in [5.74, 6) is -0.957. The molecule has 5 nitrogen and oxygen atoms in total. The van der Waals surface area contributed by atoms with Crippen LogP contribution in [-0.4, -0.2) is 52.2 Å². The number of hydrogen-bond donors (Lipinski definition) is 1. The van der Waals surface area contributed by atoms with Crippen molar-refractivity contribution in [2.75, 3.05) is 13.1 Å². The Labute approximate surface area is 153 Å². The molecular weight excluding hydrogens is 373 g/mol. The largest absolute Gasteiger partial charge is 0.465 e. The maximum Gasteiger partial charge on any atom is 0.407 e. The second-order valence-electron chi connectivity index (χ2n) is 6.89. The lowest BCUT2D eigenvalue weighted by molar-refractivity contribution is -0.201. The predicted octanol–water partition coefficient (Wildman–Crippen LogP) is 3.93. The van der Waals surface area contributed by atoms with E-state index in [2.05, 4.69) is 0 Å². The summed E-state index contributed by atoms with van der Waals surface area (Å²) in [4.78, 5) is 26.6. The predicted molar refractivity (Wildman–Crippen MR) is 87.8 cm³/mol. The van der Waals surface area contributed by atoms with Gasteiger partial charge in [-0.3, -0.25) is 9.69 Å². The summed E-state index contributed by atoms with van der Waals surface area (Å²) in [5, 5.41) is 9.95. The van der Waals surface area contributed by atoms with Crippen LogP contribution in [0.1, 0.15) is 31.4 Å². The molecule has 142 valence electrons. The fourth-order valence-electron chi connectivity index (χ4n) is 3.46. The molecule has 2 fully saturated rings. The van der Waals surface area contributed by atoms with Crippen molar-refractivity contribution in [2.24, 2.45) is 5.41 Å². The molecule has 3 rings (SSSR count). The van der Waals surface area contributed by atoms with Crippen molar-refractivity contribution in [1.82, 2.24) is 9.80 Å². The standard InChI is InChI=1S/C17H18ClF3N2O3/c1-10-8-23(15(25)26)13(11-2-4-12(18)5-3-11)9-22(10)14(24)16(6-7-16)17(19,20)21/h2-5,10,13H,6-9H2,1H3,(H,25,26)/t10-,13?/m1/s1. The Hall–Kier alpha value is -1.96. The molecule has 26 heavy (non-hydrogen) atoms. The van der Waals surface area contributed by atoms with Gasteiger partial charge < -0.3 is 10.0 Å². The van der Waals surface area contributed by atoms with Crippen LogP contribution in [0.2, 0.25) is 5.02 Å². The van der Waals surface area contributed by atoms with E-state index in [0.717, 1.165) is 4.90 Å². The van der Waals surface area contributed by atoms with E-state index >= 15 is 0 Å². The quantitative estimate of drug-likeness (QED) is 0.832. The van der Waals surface area contributed by atoms with Gasteiger partial charge in [0.2, 0.25) is 5.91 Å². The summed E-state index contributed by atoms with van der Waals surface area (Å²) in [5.41, 5.74) is -1.73. The number of nitrogens with zero attached hydrogens (tertiary/aromatic N) is 2. The van der Waals surface area contributed by atoms with Gasteiger partial charge in [-0.25, -0.2) is 4.79 Å². The number of hydrogen-bond acceptors (Lipinski definition) is 2. The first-order chi connectivity index (χ1) is 12.1. The van der Waals surface area contributed by atoms with Crippen LogP contribution >= 0.6 is 11.6 Å². The first kappa shape index (κ1) is 18.8. The molecule has 1 saturated carbocycles. The molecule has 0 aromatic heterocycles. The minimum Gasteiger partial charge on any atom is -0.465 e. The molecular formula is C17H18ClF3N2O3. The highest BCUT2D eigenvalue weighted by Crippen LogP contribution is 2.59. The van der Waals surface area contributed by atoms with Crippen molar-refractivity contribution in [2.45, 2.75) is 38.0 Å². The number of carboxylic acid groups (broad SMARTS) is 1. The van der Waals surface area contributed by atoms with Crippen LogP contribution in [0.15, 0.2) is 24.3 Å². The molecule has 2 amide bonds. The topological polar surface area (TPSA) is 60.9 Å². The van der Waals surface area contributed by atoms with Crippen molar-refractivity contribution in [3.05, 3.63) is 34.9 Å². The Kier molecular flexibility index (Phi) is 4.58. The first-order valence-corrected chi connectivity index (χ1v) is 8.57. The molecule has 1 unspecified atom stereocenters. The molecule has 1 saturated heterocycles. The number of carbonyl (C=O) groups is 2. The zero-order valence-electron chi connectivity index (χ0n) is 14.0. The minimum absolute atomic E-state index is 0.0533. The van der Waals surface area contributed by atoms with Crippen LogP contribution in [0.5, 0.6) is 0 Å². The van der Waals surface area contributed by atoms with Gasteiger partial charge in [-0.15, -0.1) is 0 Å². The van der Waals surface area contributed by atoms with E-state index < -0.39 is 35.7 Å². The average Bonchev–Trinajstić information content (AvgIpc) is 3.36. The van der Waals surface area contributed by atoms with Crippen LogP contribution in [-0.2, 0) is 4.79 Å². The lowest BCUT2D eigenvalue weighted by atomic mass is 9.96. The second-order valence-corrected chi connectivity index (χ2v) is 7.33. The molecule has 1 aliphatic heterocycles. The number of amides is 2. The Morgan fingerprint density at radius 1 is 1.15 bits per heavy atom. The summed E-state index contributed by atoms with van der Waals surface area (Å²) in [7, 11) is 0. The lowest BCUT2D eigenvalue weighted by Crippen LogP contribution is -2.59. The lowest BCUT2D eigenvalue weighted by Gasteiger charge is -2.45. The fraction of sp³-hybridized carbons (Fsp3) is 0.529. The molecule has 1 aliphatic carbocycles. The van der Waals surface area contributed by atoms with Crippen LogP contribution in [0.25, 0.3) is 0 Å². The second kappa shape index (κ2) is 6.33. The van der Waals surface area contributed by atoms with E-state index in [1.807, 2.05) is 0 Å². The maximum absolute atomic E-state index is 13.3. The van der Waals surface area contributed by atoms with Gasteiger partial charge in [0.25, 0.3) is 0 Å². The van der Waals surface area contributed by atoms with Crippen LogP contribution in [0.3, 0.4) is 0 Å². The number of benzene rings is 1. The van der Waals surface area contributed by atoms with Crippen molar-refractivity contribution in [3.8, 4) is 0 Å². The van der Waals surface area contributed by atoms with Crippen molar-refractivity contribution in [3.63, 3.8) is 0 Å². The number of piperazine rings is 1. The fourth-order valence-corrected chi connectivity index (χ4v) is 3.58. The van der Waals surface area contributed by atoms with Gasteiger partial charge in [-0.2, -0.15) is 13.2 Å². The molecule has 1 aromatic rings. The highest BCUT2D eigenvalue weighted by molar-refractivity contribution is 6.30. The van der Waals surface area contributed by atoms with Gasteiger partial charge in [0, 0.05) is 24.2 Å². The van der Waals surface area contributed by atoms with E-state index in [9.17, 15) is 27.9 Å². The summed E-state index contributed by atoms with van der Waals surface area (Å²) >= 11 is 5.85. The zero-order valence-corrected chi connectivity index (χ0v) is 14.7. The van der Waals surface area contributed by atoms with Crippen molar-refractivity contribution >= 4 is 23.6 Å². The number of halogens is 4. The summed E-state index contributed by atoms with van der Waals surface area (Å²) in [6.45, 7) is 1.40. The third kappa shape index (κ3) is 3.11. The van der Waals surface area contributed by atoms with Crippen LogP contribution < -0.4 is 0 Å². The Morgan fingerprint density at radius 2 is 1.73 bits per heavy atom. The third-order valence-corrected chi connectivity index (χ3v) is 5.45. The molecule has 1 heterocycles. The van der Waals surface area contributed by atoms with Gasteiger partial charge in [0.15, 0.2) is 0 Å². The normalized spacial score (nSPS) is 25.1. The van der Waals surface area contributed by atoms with Crippen LogP contribution in [0.4, 0.5) is 18.0 Å². The van der Waals surface area contributed by atoms with Crippen LogP contribution in [0, 0.1) is 5.41 Å². The van der Waals surface area contributed by atoms with Gasteiger partial charge in [0.1, 0.15) is 5.41 Å². The molecule has 2 atom stereocenters. The Morgan fingerprint density at radius 3 is 2.19 bits per heavy atom. The summed E-state index contributed by atoms with van der Waals surface area (Å²) < 4.78 is 40.0. The van der Waals surface area contributed by atoms with Gasteiger partial charge in [0.05, 0.1) is 6.04 Å². The van der Waals surface area contributed by atoms with E-state index in [1.165, 1.54) is 4.90 Å². The number of alkyl halides is 3. The molecule has 1 aromatic carbocycles. The van der Waals surface area contributed by atoms with Gasteiger partial charge in [-0.1, -0.05) is 23.7 Å². The number of carbonyl (C=O) groups excluding carboxylic acids is 1. The molecule has 0 bridgehead atoms. The zero-order chi connectivity index (χ0) is 19.3. The first-order valence-electron chi connectivity index (χ1n) is 8.19.